The summed E-state index contributed by atoms with van der Waals surface area (Å²) in [5.74, 6) is -0.439. The second-order valence-electron chi connectivity index (χ2n) is 10.8. The molecule has 4 atom stereocenters. The van der Waals surface area contributed by atoms with E-state index in [-0.39, 0.29) is 35.2 Å². The highest BCUT2D eigenvalue weighted by molar-refractivity contribution is 6.04. The zero-order valence-corrected chi connectivity index (χ0v) is 19.1. The second-order valence-corrected chi connectivity index (χ2v) is 10.8. The molecular weight excluding hydrogens is 451 g/mol. The van der Waals surface area contributed by atoms with Gasteiger partial charge in [0, 0.05) is 30.3 Å². The van der Waals surface area contributed by atoms with Gasteiger partial charge in [-0.25, -0.2) is 4.39 Å². The number of ether oxygens (including phenoxy) is 1. The number of anilines is 1. The molecule has 7 nitrogen and oxygen atoms in total. The molecule has 0 aromatic heterocycles. The fraction of sp³-hybridized carbons (Fsp3) is 0.444. The number of carbonyl (C=O) groups excluding carboxylic acids is 1. The lowest BCUT2D eigenvalue weighted by Crippen LogP contribution is -2.75. The fourth-order valence-electron chi connectivity index (χ4n) is 7.14. The van der Waals surface area contributed by atoms with Crippen molar-refractivity contribution in [3.05, 3.63) is 64.7 Å². The molecule has 2 aromatic rings. The molecule has 8 heteroatoms. The number of hydrogen-bond donors (Lipinski definition) is 4. The van der Waals surface area contributed by atoms with Crippen molar-refractivity contribution in [3.8, 4) is 11.5 Å². The number of nitrogens with one attached hydrogen (secondary N) is 1. The lowest BCUT2D eigenvalue weighted by Gasteiger charge is -2.62. The van der Waals surface area contributed by atoms with Gasteiger partial charge in [0.05, 0.1) is 16.6 Å². The Kier molecular flexibility index (Phi) is 4.23. The van der Waals surface area contributed by atoms with Crippen LogP contribution in [0.1, 0.15) is 36.8 Å². The van der Waals surface area contributed by atoms with Crippen LogP contribution >= 0.6 is 0 Å². The lowest BCUT2D eigenvalue weighted by atomic mass is 9.49. The highest BCUT2D eigenvalue weighted by Crippen LogP contribution is 2.66. The number of rotatable bonds is 4. The van der Waals surface area contributed by atoms with Gasteiger partial charge in [-0.15, -0.1) is 0 Å². The highest BCUT2D eigenvalue weighted by atomic mass is 19.1. The van der Waals surface area contributed by atoms with E-state index in [0.29, 0.717) is 24.5 Å². The van der Waals surface area contributed by atoms with E-state index in [1.807, 2.05) is 6.07 Å². The van der Waals surface area contributed by atoms with Crippen molar-refractivity contribution in [2.75, 3.05) is 18.4 Å². The summed E-state index contributed by atoms with van der Waals surface area (Å²) in [6, 6.07) is 8.78. The van der Waals surface area contributed by atoms with Gasteiger partial charge in [0.1, 0.15) is 11.6 Å². The minimum Gasteiger partial charge on any atom is -0.508 e. The molecule has 7 rings (SSSR count). The number of aromatic hydroxyl groups is 1. The van der Waals surface area contributed by atoms with Crippen molar-refractivity contribution in [3.63, 3.8) is 0 Å². The van der Waals surface area contributed by atoms with Crippen molar-refractivity contribution < 1.29 is 29.2 Å². The summed E-state index contributed by atoms with van der Waals surface area (Å²) in [4.78, 5) is 15.7. The number of phenolic OH excluding ortho intramolecular Hbond substituents is 1. The summed E-state index contributed by atoms with van der Waals surface area (Å²) in [6.07, 6.45) is 2.46. The van der Waals surface area contributed by atoms with Crippen molar-refractivity contribution in [1.82, 2.24) is 4.90 Å². The van der Waals surface area contributed by atoms with Crippen LogP contribution in [0.4, 0.5) is 10.1 Å². The van der Waals surface area contributed by atoms with Crippen molar-refractivity contribution in [2.45, 2.75) is 55.3 Å². The molecule has 0 unspecified atom stereocenters. The van der Waals surface area contributed by atoms with Gasteiger partial charge in [0.25, 0.3) is 5.91 Å². The lowest BCUT2D eigenvalue weighted by molar-refractivity contribution is -0.172. The van der Waals surface area contributed by atoms with E-state index in [0.717, 1.165) is 24.2 Å². The molecule has 2 heterocycles. The molecule has 1 amide bonds. The van der Waals surface area contributed by atoms with Gasteiger partial charge in [0.2, 0.25) is 0 Å². The summed E-state index contributed by atoms with van der Waals surface area (Å²) >= 11 is 0. The highest BCUT2D eigenvalue weighted by Gasteiger charge is 2.73. The zero-order chi connectivity index (χ0) is 24.1. The molecule has 4 N–H and O–H groups in total. The van der Waals surface area contributed by atoms with Crippen molar-refractivity contribution in [2.24, 2.45) is 5.92 Å². The molecule has 35 heavy (non-hydrogen) atoms. The van der Waals surface area contributed by atoms with Crippen LogP contribution in [0.15, 0.2) is 47.7 Å². The Morgan fingerprint density at radius 3 is 2.83 bits per heavy atom. The maximum Gasteiger partial charge on any atom is 0.255 e. The van der Waals surface area contributed by atoms with Gasteiger partial charge in [-0.2, -0.15) is 0 Å². The molecule has 2 aliphatic heterocycles. The standard InChI is InChI=1S/C27H27FN2O5/c28-16-2-1-3-17(11-16)29-25(33)18-12-27(34)20-10-15-6-7-19(31)23-21(15)26(27,24(35-23)22(18)32)8-9-30(20)13-14-4-5-14/h1-3,6-7,11,14,20,24,31-32,34H,4-5,8-10,12-13H2,(H,29,33)/t20-,24+,26+,27-/m1/s1. The number of phenols is 1. The number of carbonyl (C=O) groups is 1. The Bertz CT molecular complexity index is 1310. The predicted octanol–water partition coefficient (Wildman–Crippen LogP) is 3.16. The monoisotopic (exact) mass is 478 g/mol. The number of hydrogen-bond acceptors (Lipinski definition) is 6. The number of amides is 1. The Hall–Kier alpha value is -3.10. The van der Waals surface area contributed by atoms with Crippen molar-refractivity contribution in [1.29, 1.82) is 0 Å². The molecule has 0 radical (unpaired) electrons. The van der Waals surface area contributed by atoms with E-state index in [1.54, 1.807) is 12.1 Å². The summed E-state index contributed by atoms with van der Waals surface area (Å²) in [6.45, 7) is 1.64. The molecule has 182 valence electrons. The Balaban J connectivity index is 1.36. The minimum atomic E-state index is -1.38. The number of benzene rings is 2. The van der Waals surface area contributed by atoms with Gasteiger partial charge in [-0.1, -0.05) is 12.1 Å². The first kappa shape index (κ1) is 21.2. The molecule has 1 spiro atoms. The summed E-state index contributed by atoms with van der Waals surface area (Å²) in [5, 5.41) is 37.2. The summed E-state index contributed by atoms with van der Waals surface area (Å²) in [7, 11) is 0. The maximum atomic E-state index is 13.7. The van der Waals surface area contributed by atoms with Crippen LogP contribution in [0, 0.1) is 11.7 Å². The normalized spacial score (nSPS) is 32.7. The molecule has 2 aromatic carbocycles. The number of nitrogens with zero attached hydrogens (tertiary/aromatic N) is 1. The van der Waals surface area contributed by atoms with E-state index >= 15 is 0 Å². The van der Waals surface area contributed by atoms with E-state index in [9.17, 15) is 24.5 Å². The first-order chi connectivity index (χ1) is 16.8. The summed E-state index contributed by atoms with van der Waals surface area (Å²) < 4.78 is 19.9. The molecule has 2 bridgehead atoms. The first-order valence-electron chi connectivity index (χ1n) is 12.3. The van der Waals surface area contributed by atoms with Gasteiger partial charge < -0.3 is 25.4 Å². The smallest absolute Gasteiger partial charge is 0.255 e. The van der Waals surface area contributed by atoms with Gasteiger partial charge in [0.15, 0.2) is 17.6 Å². The van der Waals surface area contributed by atoms with E-state index in [2.05, 4.69) is 10.2 Å². The van der Waals surface area contributed by atoms with Crippen LogP contribution in [0.3, 0.4) is 0 Å². The molecule has 1 saturated carbocycles. The molecule has 3 aliphatic carbocycles. The van der Waals surface area contributed by atoms with Gasteiger partial charge in [-0.3, -0.25) is 9.69 Å². The maximum absolute atomic E-state index is 13.7. The van der Waals surface area contributed by atoms with E-state index < -0.39 is 28.8 Å². The topological polar surface area (TPSA) is 102 Å². The average Bonchev–Trinajstić information content (AvgIpc) is 3.56. The number of aliphatic hydroxyl groups is 2. The van der Waals surface area contributed by atoms with Crippen LogP contribution in [0.25, 0.3) is 0 Å². The third-order valence-corrected chi connectivity index (χ3v) is 8.87. The van der Waals surface area contributed by atoms with E-state index in [4.69, 9.17) is 4.74 Å². The second kappa shape index (κ2) is 6.98. The summed E-state index contributed by atoms with van der Waals surface area (Å²) in [5.41, 5.74) is -0.257. The number of piperidine rings is 1. The Morgan fingerprint density at radius 1 is 1.23 bits per heavy atom. The predicted molar refractivity (Wildman–Crippen MR) is 125 cm³/mol. The average molecular weight is 479 g/mol. The molecule has 5 aliphatic rings. The Morgan fingerprint density at radius 2 is 2.06 bits per heavy atom. The SMILES string of the molecule is O=C(Nc1cccc(F)c1)C1=C(O)[C@@H]2Oc3c(O)ccc4c3[C@@]23CCN(CC2CC2)[C@H](C4)[C@]3(O)C1. The van der Waals surface area contributed by atoms with Crippen LogP contribution < -0.4 is 10.1 Å². The third-order valence-electron chi connectivity index (χ3n) is 8.87. The molecule has 1 saturated heterocycles. The number of likely N-dealkylation sites (tertiary alicyclic amines) is 1. The molecule has 2 fully saturated rings. The van der Waals surface area contributed by atoms with Gasteiger partial charge >= 0.3 is 0 Å². The van der Waals surface area contributed by atoms with Crippen molar-refractivity contribution >= 4 is 11.6 Å². The first-order valence-corrected chi connectivity index (χ1v) is 12.3. The number of aliphatic hydroxyl groups excluding tert-OH is 1. The van der Waals surface area contributed by atoms with Crippen LogP contribution in [-0.4, -0.2) is 57.0 Å². The van der Waals surface area contributed by atoms with Crippen LogP contribution in [0.2, 0.25) is 0 Å². The quantitative estimate of drug-likeness (QED) is 0.539. The van der Waals surface area contributed by atoms with E-state index in [1.165, 1.54) is 31.0 Å². The zero-order valence-electron chi connectivity index (χ0n) is 19.1. The largest absolute Gasteiger partial charge is 0.508 e. The minimum absolute atomic E-state index is 0.0337. The van der Waals surface area contributed by atoms with Gasteiger partial charge in [-0.05, 0) is 68.0 Å². The number of halogens is 1. The molecular formula is C27H27FN2O5. The van der Waals surface area contributed by atoms with Crippen LogP contribution in [-0.2, 0) is 16.6 Å². The van der Waals surface area contributed by atoms with Crippen LogP contribution in [0.5, 0.6) is 11.5 Å². The fourth-order valence-corrected chi connectivity index (χ4v) is 7.14. The Labute approximate surface area is 201 Å². The third kappa shape index (κ3) is 2.75.